The molecule has 3 nitrogen and oxygen atoms in total. The highest BCUT2D eigenvalue weighted by molar-refractivity contribution is 5.02. The van der Waals surface area contributed by atoms with Crippen molar-refractivity contribution in [2.45, 2.75) is 12.8 Å². The van der Waals surface area contributed by atoms with Crippen LogP contribution in [0.15, 0.2) is 24.0 Å². The standard InChI is InChI=1S/C8H10O3/c1-3-9-5-7(1)11-8-2-4-10-6-8/h5-6H,1-4H2. The van der Waals surface area contributed by atoms with Gasteiger partial charge in [-0.2, -0.15) is 0 Å². The second-order valence-corrected chi connectivity index (χ2v) is 2.51. The van der Waals surface area contributed by atoms with Gasteiger partial charge < -0.3 is 14.2 Å². The van der Waals surface area contributed by atoms with E-state index in [1.165, 1.54) is 0 Å². The van der Waals surface area contributed by atoms with Gasteiger partial charge in [0.15, 0.2) is 0 Å². The van der Waals surface area contributed by atoms with Gasteiger partial charge in [-0.15, -0.1) is 0 Å². The molecular weight excluding hydrogens is 144 g/mol. The minimum absolute atomic E-state index is 0.740. The molecule has 0 radical (unpaired) electrons. The van der Waals surface area contributed by atoms with E-state index in [-0.39, 0.29) is 0 Å². The highest BCUT2D eigenvalue weighted by Gasteiger charge is 2.12. The first kappa shape index (κ1) is 6.58. The van der Waals surface area contributed by atoms with Gasteiger partial charge in [0, 0.05) is 12.8 Å². The van der Waals surface area contributed by atoms with E-state index in [0.717, 1.165) is 37.6 Å². The summed E-state index contributed by atoms with van der Waals surface area (Å²) < 4.78 is 15.5. The lowest BCUT2D eigenvalue weighted by atomic mass is 10.4. The fraction of sp³-hybridized carbons (Fsp3) is 0.500. The van der Waals surface area contributed by atoms with Crippen LogP contribution in [0, 0.1) is 0 Å². The third-order valence-electron chi connectivity index (χ3n) is 1.62. The zero-order valence-corrected chi connectivity index (χ0v) is 6.21. The van der Waals surface area contributed by atoms with Crippen molar-refractivity contribution in [3.8, 4) is 0 Å². The van der Waals surface area contributed by atoms with Crippen LogP contribution >= 0.6 is 0 Å². The first-order chi connectivity index (χ1) is 5.45. The van der Waals surface area contributed by atoms with Gasteiger partial charge in [0.2, 0.25) is 0 Å². The van der Waals surface area contributed by atoms with E-state index in [0.29, 0.717) is 0 Å². The zero-order valence-electron chi connectivity index (χ0n) is 6.21. The zero-order chi connectivity index (χ0) is 7.52. The summed E-state index contributed by atoms with van der Waals surface area (Å²) >= 11 is 0. The van der Waals surface area contributed by atoms with Crippen molar-refractivity contribution in [2.24, 2.45) is 0 Å². The normalized spacial score (nSPS) is 21.8. The van der Waals surface area contributed by atoms with Crippen LogP contribution in [0.1, 0.15) is 12.8 Å². The number of hydrogen-bond acceptors (Lipinski definition) is 3. The summed E-state index contributed by atoms with van der Waals surface area (Å²) in [5.74, 6) is 1.81. The lowest BCUT2D eigenvalue weighted by molar-refractivity contribution is 0.281. The molecule has 0 atom stereocenters. The van der Waals surface area contributed by atoms with Crippen molar-refractivity contribution < 1.29 is 14.2 Å². The van der Waals surface area contributed by atoms with Gasteiger partial charge in [0.1, 0.15) is 24.0 Å². The molecule has 3 heteroatoms. The fourth-order valence-electron chi connectivity index (χ4n) is 1.06. The molecule has 2 heterocycles. The quantitative estimate of drug-likeness (QED) is 0.603. The maximum absolute atomic E-state index is 5.44. The lowest BCUT2D eigenvalue weighted by Crippen LogP contribution is -1.89. The molecule has 0 aromatic carbocycles. The third-order valence-corrected chi connectivity index (χ3v) is 1.62. The Morgan fingerprint density at radius 2 is 1.55 bits per heavy atom. The second-order valence-electron chi connectivity index (χ2n) is 2.51. The molecule has 0 saturated carbocycles. The monoisotopic (exact) mass is 154 g/mol. The summed E-state index contributed by atoms with van der Waals surface area (Å²) in [4.78, 5) is 0. The van der Waals surface area contributed by atoms with E-state index in [9.17, 15) is 0 Å². The van der Waals surface area contributed by atoms with Crippen molar-refractivity contribution in [1.29, 1.82) is 0 Å². The number of rotatable bonds is 2. The SMILES string of the molecule is C1=C(OC2=COCC2)CCO1. The Kier molecular flexibility index (Phi) is 1.71. The van der Waals surface area contributed by atoms with Crippen molar-refractivity contribution in [2.75, 3.05) is 13.2 Å². The molecule has 0 aliphatic carbocycles. The molecule has 0 bridgehead atoms. The van der Waals surface area contributed by atoms with Crippen LogP contribution in [-0.2, 0) is 14.2 Å². The molecule has 0 spiro atoms. The predicted molar refractivity (Wildman–Crippen MR) is 38.4 cm³/mol. The van der Waals surface area contributed by atoms with Crippen LogP contribution in [0.3, 0.4) is 0 Å². The first-order valence-corrected chi connectivity index (χ1v) is 3.74. The third kappa shape index (κ3) is 1.48. The highest BCUT2D eigenvalue weighted by Crippen LogP contribution is 2.20. The predicted octanol–water partition coefficient (Wildman–Crippen LogP) is 1.53. The molecule has 2 rings (SSSR count). The van der Waals surface area contributed by atoms with E-state index >= 15 is 0 Å². The molecule has 0 N–H and O–H groups in total. The van der Waals surface area contributed by atoms with Gasteiger partial charge >= 0.3 is 0 Å². The van der Waals surface area contributed by atoms with Crippen LogP contribution in [0.5, 0.6) is 0 Å². The van der Waals surface area contributed by atoms with Gasteiger partial charge in [-0.1, -0.05) is 0 Å². The Bertz CT molecular complexity index is 183. The summed E-state index contributed by atoms with van der Waals surface area (Å²) in [6.45, 7) is 1.48. The largest absolute Gasteiger partial charge is 0.497 e. The van der Waals surface area contributed by atoms with Gasteiger partial charge in [0.05, 0.1) is 13.2 Å². The molecule has 60 valence electrons. The molecule has 0 fully saturated rings. The highest BCUT2D eigenvalue weighted by atomic mass is 16.5. The Labute approximate surface area is 65.2 Å². The van der Waals surface area contributed by atoms with E-state index in [1.54, 1.807) is 12.5 Å². The van der Waals surface area contributed by atoms with Crippen molar-refractivity contribution in [1.82, 2.24) is 0 Å². The van der Waals surface area contributed by atoms with Gasteiger partial charge in [-0.3, -0.25) is 0 Å². The Hall–Kier alpha value is -1.12. The molecule has 11 heavy (non-hydrogen) atoms. The molecule has 0 unspecified atom stereocenters. The summed E-state index contributed by atoms with van der Waals surface area (Å²) in [6, 6.07) is 0. The molecular formula is C8H10O3. The smallest absolute Gasteiger partial charge is 0.141 e. The number of hydrogen-bond donors (Lipinski definition) is 0. The summed E-state index contributed by atoms with van der Waals surface area (Å²) in [7, 11) is 0. The average Bonchev–Trinajstić information content (AvgIpc) is 2.60. The van der Waals surface area contributed by atoms with Gasteiger partial charge in [0.25, 0.3) is 0 Å². The minimum Gasteiger partial charge on any atom is -0.497 e. The molecule has 0 saturated heterocycles. The van der Waals surface area contributed by atoms with Gasteiger partial charge in [-0.05, 0) is 0 Å². The molecule has 0 amide bonds. The maximum Gasteiger partial charge on any atom is 0.141 e. The van der Waals surface area contributed by atoms with E-state index < -0.39 is 0 Å². The Morgan fingerprint density at radius 1 is 1.00 bits per heavy atom. The number of ether oxygens (including phenoxy) is 3. The summed E-state index contributed by atoms with van der Waals surface area (Å²) in [5, 5.41) is 0. The maximum atomic E-state index is 5.44. The fourth-order valence-corrected chi connectivity index (χ4v) is 1.06. The molecule has 0 aromatic heterocycles. The average molecular weight is 154 g/mol. The van der Waals surface area contributed by atoms with Crippen LogP contribution < -0.4 is 0 Å². The van der Waals surface area contributed by atoms with Crippen LogP contribution in [0.4, 0.5) is 0 Å². The van der Waals surface area contributed by atoms with E-state index in [4.69, 9.17) is 14.2 Å². The summed E-state index contributed by atoms with van der Waals surface area (Å²) in [6.07, 6.45) is 5.08. The van der Waals surface area contributed by atoms with Crippen molar-refractivity contribution >= 4 is 0 Å². The van der Waals surface area contributed by atoms with Crippen LogP contribution in [0.2, 0.25) is 0 Å². The minimum atomic E-state index is 0.740. The molecule has 2 aliphatic rings. The van der Waals surface area contributed by atoms with Gasteiger partial charge in [-0.25, -0.2) is 0 Å². The molecule has 0 aromatic rings. The topological polar surface area (TPSA) is 27.7 Å². The van der Waals surface area contributed by atoms with Crippen LogP contribution in [0.25, 0.3) is 0 Å². The summed E-state index contributed by atoms with van der Waals surface area (Å²) in [5.41, 5.74) is 0. The molecule has 2 aliphatic heterocycles. The lowest BCUT2D eigenvalue weighted by Gasteiger charge is -2.01. The van der Waals surface area contributed by atoms with E-state index in [1.807, 2.05) is 0 Å². The van der Waals surface area contributed by atoms with E-state index in [2.05, 4.69) is 0 Å². The second kappa shape index (κ2) is 2.86. The van der Waals surface area contributed by atoms with Crippen LogP contribution in [-0.4, -0.2) is 13.2 Å². The van der Waals surface area contributed by atoms with Crippen molar-refractivity contribution in [3.63, 3.8) is 0 Å². The first-order valence-electron chi connectivity index (χ1n) is 3.74. The Morgan fingerprint density at radius 3 is 1.91 bits per heavy atom. The van der Waals surface area contributed by atoms with Crippen molar-refractivity contribution in [3.05, 3.63) is 24.0 Å². The Balaban J connectivity index is 1.89.